The maximum atomic E-state index is 13.9. The van der Waals surface area contributed by atoms with Crippen LogP contribution >= 0.6 is 15.9 Å². The Kier molecular flexibility index (Phi) is 4.83. The second-order valence-electron chi connectivity index (χ2n) is 4.46. The average molecular weight is 344 g/mol. The van der Waals surface area contributed by atoms with Crippen LogP contribution in [0.5, 0.6) is 0 Å². The number of likely N-dealkylation sites (N-methyl/N-ethyl adjacent to an activating group) is 1. The second-order valence-corrected chi connectivity index (χ2v) is 5.37. The Morgan fingerprint density at radius 1 is 1.10 bits per heavy atom. The van der Waals surface area contributed by atoms with Crippen molar-refractivity contribution in [1.82, 2.24) is 5.32 Å². The van der Waals surface area contributed by atoms with Crippen LogP contribution in [0.1, 0.15) is 17.2 Å². The molecule has 0 aliphatic heterocycles. The van der Waals surface area contributed by atoms with Gasteiger partial charge in [0.25, 0.3) is 0 Å². The highest BCUT2D eigenvalue weighted by atomic mass is 79.9. The predicted molar refractivity (Wildman–Crippen MR) is 76.0 cm³/mol. The highest BCUT2D eigenvalue weighted by Crippen LogP contribution is 2.27. The van der Waals surface area contributed by atoms with Crippen LogP contribution in [0.15, 0.2) is 40.9 Å². The molecule has 0 amide bonds. The number of rotatable bonds is 4. The summed E-state index contributed by atoms with van der Waals surface area (Å²) in [5.41, 5.74) is 0.631. The first-order chi connectivity index (χ1) is 9.51. The monoisotopic (exact) mass is 343 g/mol. The van der Waals surface area contributed by atoms with Crippen LogP contribution in [0.3, 0.4) is 0 Å². The van der Waals surface area contributed by atoms with Crippen LogP contribution in [0.2, 0.25) is 0 Å². The molecule has 0 aromatic heterocycles. The van der Waals surface area contributed by atoms with E-state index in [0.717, 1.165) is 0 Å². The third-order valence-electron chi connectivity index (χ3n) is 3.07. The summed E-state index contributed by atoms with van der Waals surface area (Å²) in [6.45, 7) is 0. The molecule has 0 heterocycles. The molecule has 0 bridgehead atoms. The van der Waals surface area contributed by atoms with Crippen molar-refractivity contribution in [2.45, 2.75) is 12.5 Å². The molecule has 0 spiro atoms. The summed E-state index contributed by atoms with van der Waals surface area (Å²) in [5, 5.41) is 2.87. The van der Waals surface area contributed by atoms with Gasteiger partial charge in [0.05, 0.1) is 0 Å². The zero-order valence-electron chi connectivity index (χ0n) is 10.8. The van der Waals surface area contributed by atoms with Crippen LogP contribution in [-0.4, -0.2) is 7.05 Å². The fourth-order valence-electron chi connectivity index (χ4n) is 2.13. The van der Waals surface area contributed by atoms with Crippen molar-refractivity contribution in [3.63, 3.8) is 0 Å². The van der Waals surface area contributed by atoms with E-state index in [-0.39, 0.29) is 11.4 Å². The number of halogens is 4. The van der Waals surface area contributed by atoms with E-state index in [4.69, 9.17) is 0 Å². The normalized spacial score (nSPS) is 12.4. The van der Waals surface area contributed by atoms with Crippen molar-refractivity contribution in [3.8, 4) is 0 Å². The first kappa shape index (κ1) is 15.1. The van der Waals surface area contributed by atoms with Crippen molar-refractivity contribution < 1.29 is 13.2 Å². The molecule has 1 nitrogen and oxygen atoms in total. The standard InChI is InChI=1S/C15H13BrF3N/c1-20-14(6-9-3-2-4-11(17)5-9)15-12(18)7-10(16)8-13(15)19/h2-5,7-8,14,20H,6H2,1H3. The minimum absolute atomic E-state index is 0.0417. The summed E-state index contributed by atoms with van der Waals surface area (Å²) in [7, 11) is 1.62. The molecule has 0 saturated heterocycles. The molecule has 1 N–H and O–H groups in total. The topological polar surface area (TPSA) is 12.0 Å². The van der Waals surface area contributed by atoms with Crippen molar-refractivity contribution in [3.05, 3.63) is 69.4 Å². The van der Waals surface area contributed by atoms with E-state index in [1.165, 1.54) is 24.3 Å². The van der Waals surface area contributed by atoms with E-state index in [9.17, 15) is 13.2 Å². The molecule has 20 heavy (non-hydrogen) atoms. The number of nitrogens with one attached hydrogen (secondary N) is 1. The molecule has 0 aliphatic rings. The molecule has 0 fully saturated rings. The third-order valence-corrected chi connectivity index (χ3v) is 3.53. The summed E-state index contributed by atoms with van der Waals surface area (Å²) < 4.78 is 41.4. The lowest BCUT2D eigenvalue weighted by molar-refractivity contribution is 0.488. The van der Waals surface area contributed by atoms with Gasteiger partial charge < -0.3 is 5.32 Å². The minimum Gasteiger partial charge on any atom is -0.313 e. The second kappa shape index (κ2) is 6.41. The lowest BCUT2D eigenvalue weighted by Gasteiger charge is -2.18. The zero-order valence-corrected chi connectivity index (χ0v) is 12.3. The van der Waals surface area contributed by atoms with E-state index >= 15 is 0 Å². The van der Waals surface area contributed by atoms with Gasteiger partial charge in [0.15, 0.2) is 0 Å². The van der Waals surface area contributed by atoms with Gasteiger partial charge in [-0.2, -0.15) is 0 Å². The highest BCUT2D eigenvalue weighted by molar-refractivity contribution is 9.10. The van der Waals surface area contributed by atoms with Gasteiger partial charge in [-0.1, -0.05) is 28.1 Å². The SMILES string of the molecule is CNC(Cc1cccc(F)c1)c1c(F)cc(Br)cc1F. The third kappa shape index (κ3) is 3.41. The van der Waals surface area contributed by atoms with Gasteiger partial charge in [-0.25, -0.2) is 13.2 Å². The number of hydrogen-bond donors (Lipinski definition) is 1. The van der Waals surface area contributed by atoms with Crippen molar-refractivity contribution >= 4 is 15.9 Å². The van der Waals surface area contributed by atoms with Gasteiger partial charge in [0.2, 0.25) is 0 Å². The fourth-order valence-corrected chi connectivity index (χ4v) is 2.54. The molecule has 2 aromatic rings. The summed E-state index contributed by atoms with van der Waals surface area (Å²) in [4.78, 5) is 0. The van der Waals surface area contributed by atoms with E-state index < -0.39 is 17.7 Å². The first-order valence-electron chi connectivity index (χ1n) is 6.07. The Labute approximate surface area is 123 Å². The Bertz CT molecular complexity index is 593. The lowest BCUT2D eigenvalue weighted by atomic mass is 9.98. The van der Waals surface area contributed by atoms with E-state index in [2.05, 4.69) is 21.2 Å². The van der Waals surface area contributed by atoms with Crippen molar-refractivity contribution in [1.29, 1.82) is 0 Å². The molecular formula is C15H13BrF3N. The zero-order chi connectivity index (χ0) is 14.7. The van der Waals surface area contributed by atoms with Crippen LogP contribution in [0.4, 0.5) is 13.2 Å². The lowest BCUT2D eigenvalue weighted by Crippen LogP contribution is -2.21. The maximum absolute atomic E-state index is 13.9. The summed E-state index contributed by atoms with van der Waals surface area (Å²) in [5.74, 6) is -1.63. The minimum atomic E-state index is -0.632. The Hall–Kier alpha value is -1.33. The van der Waals surface area contributed by atoms with Crippen LogP contribution in [0, 0.1) is 17.5 Å². The predicted octanol–water partition coefficient (Wildman–Crippen LogP) is 4.37. The van der Waals surface area contributed by atoms with Gasteiger partial charge in [-0.3, -0.25) is 0 Å². The van der Waals surface area contributed by atoms with E-state index in [1.807, 2.05) is 0 Å². The molecule has 106 valence electrons. The molecule has 0 aliphatic carbocycles. The largest absolute Gasteiger partial charge is 0.313 e. The van der Waals surface area contributed by atoms with Gasteiger partial charge >= 0.3 is 0 Å². The smallest absolute Gasteiger partial charge is 0.132 e. The van der Waals surface area contributed by atoms with Crippen LogP contribution in [0.25, 0.3) is 0 Å². The summed E-state index contributed by atoms with van der Waals surface area (Å²) in [6.07, 6.45) is 0.295. The molecule has 0 radical (unpaired) electrons. The summed E-state index contributed by atoms with van der Waals surface area (Å²) in [6, 6.07) is 7.86. The molecule has 2 aromatic carbocycles. The number of benzene rings is 2. The van der Waals surface area contributed by atoms with Gasteiger partial charge in [-0.05, 0) is 43.3 Å². The fraction of sp³-hybridized carbons (Fsp3) is 0.200. The van der Waals surface area contributed by atoms with Crippen molar-refractivity contribution in [2.75, 3.05) is 7.05 Å². The van der Waals surface area contributed by atoms with Crippen LogP contribution < -0.4 is 5.32 Å². The molecular weight excluding hydrogens is 331 g/mol. The molecule has 5 heteroatoms. The number of hydrogen-bond acceptors (Lipinski definition) is 1. The Morgan fingerprint density at radius 3 is 2.30 bits per heavy atom. The summed E-state index contributed by atoms with van der Waals surface area (Å²) >= 11 is 3.04. The molecule has 0 saturated carbocycles. The van der Waals surface area contributed by atoms with Crippen molar-refractivity contribution in [2.24, 2.45) is 0 Å². The van der Waals surface area contributed by atoms with Gasteiger partial charge in [-0.15, -0.1) is 0 Å². The molecule has 2 rings (SSSR count). The van der Waals surface area contributed by atoms with E-state index in [1.54, 1.807) is 19.2 Å². The van der Waals surface area contributed by atoms with Crippen LogP contribution in [-0.2, 0) is 6.42 Å². The maximum Gasteiger partial charge on any atom is 0.132 e. The van der Waals surface area contributed by atoms with Gasteiger partial charge in [0.1, 0.15) is 17.5 Å². The quantitative estimate of drug-likeness (QED) is 0.869. The average Bonchev–Trinajstić information content (AvgIpc) is 2.36. The highest BCUT2D eigenvalue weighted by Gasteiger charge is 2.20. The van der Waals surface area contributed by atoms with Gasteiger partial charge in [0, 0.05) is 16.1 Å². The van der Waals surface area contributed by atoms with E-state index in [0.29, 0.717) is 16.5 Å². The molecule has 1 unspecified atom stereocenters. The first-order valence-corrected chi connectivity index (χ1v) is 6.86. The Morgan fingerprint density at radius 2 is 1.75 bits per heavy atom. The molecule has 1 atom stereocenters. The Balaban J connectivity index is 2.34.